The van der Waals surface area contributed by atoms with Gasteiger partial charge in [-0.05, 0) is 18.2 Å². The first-order valence-electron chi connectivity index (χ1n) is 6.72. The van der Waals surface area contributed by atoms with Crippen molar-refractivity contribution in [1.82, 2.24) is 15.0 Å². The molecule has 0 bridgehead atoms. The molecule has 3 heterocycles. The molecule has 0 spiro atoms. The molecule has 1 N–H and O–H groups in total. The Kier molecular flexibility index (Phi) is 3.35. The second-order valence-electron chi connectivity index (χ2n) is 4.65. The summed E-state index contributed by atoms with van der Waals surface area (Å²) in [6.45, 7) is 0.231. The third kappa shape index (κ3) is 2.71. The molecule has 0 fully saturated rings. The van der Waals surface area contributed by atoms with E-state index in [-0.39, 0.29) is 18.4 Å². The third-order valence-corrected chi connectivity index (χ3v) is 3.95. The Hall–Kier alpha value is -3.00. The summed E-state index contributed by atoms with van der Waals surface area (Å²) in [5, 5.41) is 5.07. The highest BCUT2D eigenvalue weighted by atomic mass is 32.1. The zero-order valence-electron chi connectivity index (χ0n) is 11.7. The van der Waals surface area contributed by atoms with Crippen LogP contribution >= 0.6 is 11.3 Å². The molecule has 3 aromatic rings. The van der Waals surface area contributed by atoms with E-state index in [1.54, 1.807) is 0 Å². The van der Waals surface area contributed by atoms with Gasteiger partial charge in [0.05, 0.1) is 11.9 Å². The molecule has 0 aliphatic carbocycles. The Balaban J connectivity index is 1.54. The second-order valence-corrected chi connectivity index (χ2v) is 5.51. The first kappa shape index (κ1) is 13.6. The molecule has 23 heavy (non-hydrogen) atoms. The first-order valence-corrected chi connectivity index (χ1v) is 7.60. The zero-order chi connectivity index (χ0) is 15.6. The lowest BCUT2D eigenvalue weighted by molar-refractivity contribution is 0.102. The first-order chi connectivity index (χ1) is 11.3. The van der Waals surface area contributed by atoms with Crippen LogP contribution in [0.2, 0.25) is 0 Å². The summed E-state index contributed by atoms with van der Waals surface area (Å²) < 4.78 is 10.6. The van der Waals surface area contributed by atoms with Gasteiger partial charge in [0.15, 0.2) is 16.6 Å². The van der Waals surface area contributed by atoms with E-state index in [1.807, 2.05) is 23.6 Å². The lowest BCUT2D eigenvalue weighted by atomic mass is 10.1. The van der Waals surface area contributed by atoms with Crippen molar-refractivity contribution < 1.29 is 14.3 Å². The number of hydrogen-bond acceptors (Lipinski definition) is 7. The molecule has 2 aromatic heterocycles. The minimum Gasteiger partial charge on any atom is -0.454 e. The smallest absolute Gasteiger partial charge is 0.277 e. The van der Waals surface area contributed by atoms with Gasteiger partial charge in [-0.1, -0.05) is 0 Å². The zero-order valence-corrected chi connectivity index (χ0v) is 12.5. The van der Waals surface area contributed by atoms with Gasteiger partial charge in [0, 0.05) is 23.3 Å². The number of thiazole rings is 1. The van der Waals surface area contributed by atoms with Gasteiger partial charge in [0.1, 0.15) is 5.69 Å². The van der Waals surface area contributed by atoms with Crippen molar-refractivity contribution in [3.63, 3.8) is 0 Å². The lowest BCUT2D eigenvalue weighted by Crippen LogP contribution is -2.13. The summed E-state index contributed by atoms with van der Waals surface area (Å²) in [5.41, 5.74) is 1.89. The van der Waals surface area contributed by atoms with Crippen LogP contribution in [0.4, 0.5) is 5.13 Å². The van der Waals surface area contributed by atoms with Gasteiger partial charge in [-0.3, -0.25) is 15.1 Å². The molecule has 0 radical (unpaired) electrons. The van der Waals surface area contributed by atoms with E-state index in [0.29, 0.717) is 10.9 Å². The number of aromatic nitrogens is 3. The number of hydrogen-bond donors (Lipinski definition) is 1. The summed E-state index contributed by atoms with van der Waals surface area (Å²) in [6.07, 6.45) is 4.38. The fraction of sp³-hybridized carbons (Fsp3) is 0.0667. The molecular formula is C15H10N4O3S. The Morgan fingerprint density at radius 3 is 3.00 bits per heavy atom. The summed E-state index contributed by atoms with van der Waals surface area (Å²) in [5.74, 6) is 1.07. The number of rotatable bonds is 3. The van der Waals surface area contributed by atoms with Crippen molar-refractivity contribution in [1.29, 1.82) is 0 Å². The average molecular weight is 326 g/mol. The fourth-order valence-electron chi connectivity index (χ4n) is 2.10. The summed E-state index contributed by atoms with van der Waals surface area (Å²) in [7, 11) is 0. The Morgan fingerprint density at radius 1 is 1.22 bits per heavy atom. The normalized spacial score (nSPS) is 12.2. The molecule has 0 unspecified atom stereocenters. The molecular weight excluding hydrogens is 316 g/mol. The number of benzene rings is 1. The minimum absolute atomic E-state index is 0.231. The Labute approximate surface area is 135 Å². The van der Waals surface area contributed by atoms with Crippen molar-refractivity contribution in [3.8, 4) is 22.8 Å². The summed E-state index contributed by atoms with van der Waals surface area (Å²) in [6, 6.07) is 5.61. The van der Waals surface area contributed by atoms with Crippen molar-refractivity contribution in [2.75, 3.05) is 12.1 Å². The molecule has 8 heteroatoms. The maximum absolute atomic E-state index is 12.0. The number of ether oxygens (including phenoxy) is 2. The molecule has 1 amide bonds. The van der Waals surface area contributed by atoms with Crippen LogP contribution in [0.1, 0.15) is 10.5 Å². The van der Waals surface area contributed by atoms with Gasteiger partial charge in [0.2, 0.25) is 6.79 Å². The Morgan fingerprint density at radius 2 is 2.13 bits per heavy atom. The van der Waals surface area contributed by atoms with E-state index in [4.69, 9.17) is 9.47 Å². The number of amides is 1. The predicted octanol–water partition coefficient (Wildman–Crippen LogP) is 2.58. The van der Waals surface area contributed by atoms with E-state index in [9.17, 15) is 4.79 Å². The van der Waals surface area contributed by atoms with Crippen LogP contribution in [0.3, 0.4) is 0 Å². The van der Waals surface area contributed by atoms with Crippen LogP contribution in [-0.2, 0) is 0 Å². The van der Waals surface area contributed by atoms with Gasteiger partial charge in [-0.15, -0.1) is 11.3 Å². The van der Waals surface area contributed by atoms with Gasteiger partial charge in [-0.2, -0.15) is 0 Å². The standard InChI is InChI=1S/C15H10N4O3S/c20-14(10-6-16-3-4-17-10)19-15-18-11(7-23-15)9-1-2-12-13(5-9)22-8-21-12/h1-7H,8H2,(H,18,19,20). The highest BCUT2D eigenvalue weighted by molar-refractivity contribution is 7.14. The number of anilines is 1. The molecule has 1 aliphatic rings. The lowest BCUT2D eigenvalue weighted by Gasteiger charge is -2.01. The van der Waals surface area contributed by atoms with Gasteiger partial charge < -0.3 is 9.47 Å². The molecule has 0 saturated carbocycles. The molecule has 0 atom stereocenters. The SMILES string of the molecule is O=C(Nc1nc(-c2ccc3c(c2)OCO3)cs1)c1cnccn1. The van der Waals surface area contributed by atoms with Crippen molar-refractivity contribution in [3.05, 3.63) is 47.9 Å². The van der Waals surface area contributed by atoms with Crippen LogP contribution in [0.15, 0.2) is 42.2 Å². The number of nitrogens with one attached hydrogen (secondary N) is 1. The van der Waals surface area contributed by atoms with E-state index >= 15 is 0 Å². The highest BCUT2D eigenvalue weighted by Gasteiger charge is 2.16. The second kappa shape index (κ2) is 5.65. The van der Waals surface area contributed by atoms with Crippen molar-refractivity contribution in [2.24, 2.45) is 0 Å². The van der Waals surface area contributed by atoms with Gasteiger partial charge in [0.25, 0.3) is 5.91 Å². The quantitative estimate of drug-likeness (QED) is 0.796. The fourth-order valence-corrected chi connectivity index (χ4v) is 2.81. The molecule has 4 rings (SSSR count). The molecule has 114 valence electrons. The Bertz CT molecular complexity index is 866. The predicted molar refractivity (Wildman–Crippen MR) is 83.7 cm³/mol. The summed E-state index contributed by atoms with van der Waals surface area (Å²) >= 11 is 1.34. The number of nitrogens with zero attached hydrogens (tertiary/aromatic N) is 3. The van der Waals surface area contributed by atoms with Gasteiger partial charge >= 0.3 is 0 Å². The molecule has 7 nitrogen and oxygen atoms in total. The van der Waals surface area contributed by atoms with Crippen LogP contribution in [-0.4, -0.2) is 27.7 Å². The van der Waals surface area contributed by atoms with Crippen molar-refractivity contribution >= 4 is 22.4 Å². The highest BCUT2D eigenvalue weighted by Crippen LogP contribution is 2.36. The largest absolute Gasteiger partial charge is 0.454 e. The van der Waals surface area contributed by atoms with Crippen LogP contribution in [0.5, 0.6) is 11.5 Å². The maximum Gasteiger partial charge on any atom is 0.277 e. The number of carbonyl (C=O) groups excluding carboxylic acids is 1. The molecule has 1 aliphatic heterocycles. The molecule has 0 saturated heterocycles. The van der Waals surface area contributed by atoms with Crippen molar-refractivity contribution in [2.45, 2.75) is 0 Å². The number of fused-ring (bicyclic) bond motifs is 1. The minimum atomic E-state index is -0.343. The van der Waals surface area contributed by atoms with E-state index in [0.717, 1.165) is 17.0 Å². The number of carbonyl (C=O) groups is 1. The monoisotopic (exact) mass is 326 g/mol. The van der Waals surface area contributed by atoms with E-state index < -0.39 is 0 Å². The third-order valence-electron chi connectivity index (χ3n) is 3.19. The maximum atomic E-state index is 12.0. The van der Waals surface area contributed by atoms with Crippen LogP contribution in [0, 0.1) is 0 Å². The average Bonchev–Trinajstić information content (AvgIpc) is 3.23. The molecule has 1 aromatic carbocycles. The van der Waals surface area contributed by atoms with E-state index in [2.05, 4.69) is 20.3 Å². The van der Waals surface area contributed by atoms with Crippen LogP contribution < -0.4 is 14.8 Å². The van der Waals surface area contributed by atoms with E-state index in [1.165, 1.54) is 29.9 Å². The van der Waals surface area contributed by atoms with Crippen LogP contribution in [0.25, 0.3) is 11.3 Å². The summed E-state index contributed by atoms with van der Waals surface area (Å²) in [4.78, 5) is 24.3. The topological polar surface area (TPSA) is 86.2 Å². The van der Waals surface area contributed by atoms with Gasteiger partial charge in [-0.25, -0.2) is 9.97 Å².